The fourth-order valence-corrected chi connectivity index (χ4v) is 1.93. The summed E-state index contributed by atoms with van der Waals surface area (Å²) >= 11 is 0. The summed E-state index contributed by atoms with van der Waals surface area (Å²) in [6.45, 7) is 1.85. The van der Waals surface area contributed by atoms with Crippen LogP contribution < -0.4 is 5.32 Å². The van der Waals surface area contributed by atoms with Crippen molar-refractivity contribution in [3.63, 3.8) is 0 Å². The van der Waals surface area contributed by atoms with E-state index in [-0.39, 0.29) is 18.9 Å². The van der Waals surface area contributed by atoms with Gasteiger partial charge in [0, 0.05) is 31.3 Å². The van der Waals surface area contributed by atoms with E-state index in [1.807, 2.05) is 6.92 Å². The summed E-state index contributed by atoms with van der Waals surface area (Å²) in [4.78, 5) is 8.25. The number of aryl methyl sites for hydroxylation is 1. The highest BCUT2D eigenvalue weighted by Gasteiger charge is 2.34. The zero-order valence-electron chi connectivity index (χ0n) is 9.21. The van der Waals surface area contributed by atoms with Gasteiger partial charge < -0.3 is 5.32 Å². The molecule has 0 spiro atoms. The monoisotopic (exact) mass is 227 g/mol. The summed E-state index contributed by atoms with van der Waals surface area (Å²) < 4.78 is 25.9. The lowest BCUT2D eigenvalue weighted by Gasteiger charge is -2.29. The number of halogens is 2. The second-order valence-electron chi connectivity index (χ2n) is 4.26. The lowest BCUT2D eigenvalue weighted by atomic mass is 9.92. The number of rotatable bonds is 2. The van der Waals surface area contributed by atoms with E-state index in [0.717, 1.165) is 5.69 Å². The van der Waals surface area contributed by atoms with Crippen molar-refractivity contribution in [2.24, 2.45) is 0 Å². The van der Waals surface area contributed by atoms with Gasteiger partial charge in [-0.2, -0.15) is 0 Å². The third-order valence-electron chi connectivity index (χ3n) is 2.94. The molecule has 0 atom stereocenters. The van der Waals surface area contributed by atoms with E-state index >= 15 is 0 Å². The van der Waals surface area contributed by atoms with Gasteiger partial charge in [0.25, 0.3) is 0 Å². The quantitative estimate of drug-likeness (QED) is 0.844. The van der Waals surface area contributed by atoms with Crippen molar-refractivity contribution in [3.05, 3.63) is 18.1 Å². The number of anilines is 1. The van der Waals surface area contributed by atoms with Crippen LogP contribution in [0.5, 0.6) is 0 Å². The smallest absolute Gasteiger partial charge is 0.248 e. The minimum Gasteiger partial charge on any atom is -0.366 e. The Morgan fingerprint density at radius 1 is 1.25 bits per heavy atom. The van der Waals surface area contributed by atoms with Gasteiger partial charge in [0.1, 0.15) is 5.82 Å². The van der Waals surface area contributed by atoms with Gasteiger partial charge in [-0.1, -0.05) is 0 Å². The Kier molecular flexibility index (Phi) is 3.03. The van der Waals surface area contributed by atoms with E-state index in [2.05, 4.69) is 15.3 Å². The zero-order valence-corrected chi connectivity index (χ0v) is 9.21. The van der Waals surface area contributed by atoms with E-state index < -0.39 is 5.92 Å². The van der Waals surface area contributed by atoms with Gasteiger partial charge in [-0.15, -0.1) is 0 Å². The highest BCUT2D eigenvalue weighted by molar-refractivity contribution is 5.39. The maximum Gasteiger partial charge on any atom is 0.248 e. The minimum atomic E-state index is -2.48. The Balaban J connectivity index is 1.95. The van der Waals surface area contributed by atoms with Crippen LogP contribution in [0.25, 0.3) is 0 Å². The van der Waals surface area contributed by atoms with Crippen LogP contribution >= 0.6 is 0 Å². The van der Waals surface area contributed by atoms with Gasteiger partial charge >= 0.3 is 0 Å². The minimum absolute atomic E-state index is 0.0377. The van der Waals surface area contributed by atoms with Crippen LogP contribution in [-0.2, 0) is 0 Å². The summed E-state index contributed by atoms with van der Waals surface area (Å²) in [5, 5.41) is 3.18. The van der Waals surface area contributed by atoms with Crippen molar-refractivity contribution in [1.82, 2.24) is 9.97 Å². The molecule has 1 aromatic heterocycles. The first-order valence-corrected chi connectivity index (χ1v) is 5.49. The Hall–Kier alpha value is -1.26. The number of nitrogens with zero attached hydrogens (tertiary/aromatic N) is 2. The van der Waals surface area contributed by atoms with Crippen molar-refractivity contribution >= 4 is 5.82 Å². The molecule has 0 amide bonds. The highest BCUT2D eigenvalue weighted by atomic mass is 19.3. The molecule has 0 radical (unpaired) electrons. The lowest BCUT2D eigenvalue weighted by Crippen LogP contribution is -2.32. The maximum atomic E-state index is 12.9. The predicted octanol–water partition coefficient (Wildman–Crippen LogP) is 2.77. The number of aromatic nitrogens is 2. The molecule has 88 valence electrons. The molecule has 0 aromatic carbocycles. The number of hydrogen-bond donors (Lipinski definition) is 1. The molecule has 0 bridgehead atoms. The van der Waals surface area contributed by atoms with E-state index in [9.17, 15) is 8.78 Å². The topological polar surface area (TPSA) is 37.8 Å². The van der Waals surface area contributed by atoms with Crippen molar-refractivity contribution in [2.45, 2.75) is 44.6 Å². The van der Waals surface area contributed by atoms with Crippen molar-refractivity contribution in [3.8, 4) is 0 Å². The van der Waals surface area contributed by atoms with Crippen molar-refractivity contribution in [2.75, 3.05) is 5.32 Å². The first-order chi connectivity index (χ1) is 7.57. The molecular formula is C11H15F2N3. The fraction of sp³-hybridized carbons (Fsp3) is 0.636. The molecule has 1 saturated carbocycles. The molecule has 5 heteroatoms. The maximum absolute atomic E-state index is 12.9. The molecule has 3 nitrogen and oxygen atoms in total. The largest absolute Gasteiger partial charge is 0.366 e. The number of alkyl halides is 2. The predicted molar refractivity (Wildman–Crippen MR) is 57.6 cm³/mol. The molecule has 1 heterocycles. The average Bonchev–Trinajstić information content (AvgIpc) is 2.24. The van der Waals surface area contributed by atoms with Crippen LogP contribution in [-0.4, -0.2) is 21.9 Å². The number of nitrogens with one attached hydrogen (secondary N) is 1. The first-order valence-electron chi connectivity index (χ1n) is 5.49. The van der Waals surface area contributed by atoms with Crippen LogP contribution in [0.4, 0.5) is 14.6 Å². The summed E-state index contributed by atoms with van der Waals surface area (Å²) in [6.07, 6.45) is 4.13. The Morgan fingerprint density at radius 3 is 2.50 bits per heavy atom. The van der Waals surface area contributed by atoms with Gasteiger partial charge in [0.15, 0.2) is 0 Å². The van der Waals surface area contributed by atoms with Gasteiger partial charge in [-0.05, 0) is 19.8 Å². The second kappa shape index (κ2) is 4.31. The third kappa shape index (κ3) is 2.65. The molecule has 0 saturated heterocycles. The van der Waals surface area contributed by atoms with Gasteiger partial charge in [-0.25, -0.2) is 13.8 Å². The van der Waals surface area contributed by atoms with Crippen LogP contribution in [0.1, 0.15) is 31.4 Å². The SMILES string of the molecule is Cc1nccnc1NC1CCC(F)(F)CC1. The summed E-state index contributed by atoms with van der Waals surface area (Å²) in [6, 6.07) is 0.0926. The zero-order chi connectivity index (χ0) is 11.6. The third-order valence-corrected chi connectivity index (χ3v) is 2.94. The molecule has 2 rings (SSSR count). The lowest BCUT2D eigenvalue weighted by molar-refractivity contribution is -0.0361. The van der Waals surface area contributed by atoms with E-state index in [4.69, 9.17) is 0 Å². The Labute approximate surface area is 93.3 Å². The number of hydrogen-bond acceptors (Lipinski definition) is 3. The second-order valence-corrected chi connectivity index (χ2v) is 4.26. The van der Waals surface area contributed by atoms with Crippen LogP contribution in [0, 0.1) is 6.92 Å². The standard InChI is InChI=1S/C11H15F2N3/c1-8-10(15-7-6-14-8)16-9-2-4-11(12,13)5-3-9/h6-7,9H,2-5H2,1H3,(H,15,16). The average molecular weight is 227 g/mol. The molecule has 0 aliphatic heterocycles. The van der Waals surface area contributed by atoms with Crippen molar-refractivity contribution < 1.29 is 8.78 Å². The molecular weight excluding hydrogens is 212 g/mol. The van der Waals surface area contributed by atoms with Gasteiger partial charge in [0.2, 0.25) is 5.92 Å². The highest BCUT2D eigenvalue weighted by Crippen LogP contribution is 2.34. The van der Waals surface area contributed by atoms with E-state index in [1.165, 1.54) is 0 Å². The molecule has 1 N–H and O–H groups in total. The molecule has 16 heavy (non-hydrogen) atoms. The summed E-state index contributed by atoms with van der Waals surface area (Å²) in [5.74, 6) is -1.77. The molecule has 1 fully saturated rings. The van der Waals surface area contributed by atoms with Crippen molar-refractivity contribution in [1.29, 1.82) is 0 Å². The Morgan fingerprint density at radius 2 is 1.88 bits per heavy atom. The van der Waals surface area contributed by atoms with Gasteiger partial charge in [0.05, 0.1) is 5.69 Å². The van der Waals surface area contributed by atoms with Gasteiger partial charge in [-0.3, -0.25) is 4.98 Å². The molecule has 1 aliphatic rings. The molecule has 1 aromatic rings. The Bertz CT molecular complexity index is 358. The molecule has 0 unspecified atom stereocenters. The summed E-state index contributed by atoms with van der Waals surface area (Å²) in [7, 11) is 0. The van der Waals surface area contributed by atoms with Crippen LogP contribution in [0.2, 0.25) is 0 Å². The fourth-order valence-electron chi connectivity index (χ4n) is 1.93. The summed E-state index contributed by atoms with van der Waals surface area (Å²) in [5.41, 5.74) is 0.805. The van der Waals surface area contributed by atoms with Crippen LogP contribution in [0.15, 0.2) is 12.4 Å². The molecule has 1 aliphatic carbocycles. The van der Waals surface area contributed by atoms with E-state index in [0.29, 0.717) is 18.7 Å². The van der Waals surface area contributed by atoms with E-state index in [1.54, 1.807) is 12.4 Å². The van der Waals surface area contributed by atoms with Crippen LogP contribution in [0.3, 0.4) is 0 Å². The normalized spacial score (nSPS) is 20.7. The first kappa shape index (κ1) is 11.2.